The fourth-order valence-corrected chi connectivity index (χ4v) is 3.36. The van der Waals surface area contributed by atoms with E-state index in [0.717, 1.165) is 32.6 Å². The van der Waals surface area contributed by atoms with Crippen molar-refractivity contribution in [3.63, 3.8) is 0 Å². The monoisotopic (exact) mass is 278 g/mol. The number of halogens is 1. The molecule has 1 aromatic rings. The van der Waals surface area contributed by atoms with E-state index in [1.807, 2.05) is 4.90 Å². The van der Waals surface area contributed by atoms with Crippen molar-refractivity contribution in [1.29, 1.82) is 0 Å². The quantitative estimate of drug-likeness (QED) is 0.920. The third-order valence-electron chi connectivity index (χ3n) is 4.35. The Morgan fingerprint density at radius 2 is 2.00 bits per heavy atom. The van der Waals surface area contributed by atoms with Gasteiger partial charge in [-0.15, -0.1) is 0 Å². The van der Waals surface area contributed by atoms with Crippen molar-refractivity contribution in [2.45, 2.75) is 25.3 Å². The van der Waals surface area contributed by atoms with Gasteiger partial charge in [0, 0.05) is 19.1 Å². The van der Waals surface area contributed by atoms with Crippen LogP contribution in [0.3, 0.4) is 0 Å². The van der Waals surface area contributed by atoms with Gasteiger partial charge in [0.15, 0.2) is 0 Å². The molecule has 1 atom stereocenters. The Kier molecular flexibility index (Phi) is 3.61. The van der Waals surface area contributed by atoms with Crippen LogP contribution in [-0.4, -0.2) is 48.2 Å². The van der Waals surface area contributed by atoms with Gasteiger partial charge in [0.05, 0.1) is 11.3 Å². The first kappa shape index (κ1) is 13.4. The van der Waals surface area contributed by atoms with Crippen molar-refractivity contribution in [2.75, 3.05) is 31.1 Å². The third-order valence-corrected chi connectivity index (χ3v) is 4.35. The smallest absolute Gasteiger partial charge is 0.337 e. The van der Waals surface area contributed by atoms with Crippen LogP contribution in [0, 0.1) is 5.82 Å². The van der Waals surface area contributed by atoms with Crippen LogP contribution < -0.4 is 4.90 Å². The lowest BCUT2D eigenvalue weighted by Crippen LogP contribution is -2.35. The lowest BCUT2D eigenvalue weighted by atomic mass is 10.1. The molecule has 20 heavy (non-hydrogen) atoms. The molecule has 0 aromatic heterocycles. The maximum Gasteiger partial charge on any atom is 0.337 e. The molecule has 2 aliphatic rings. The fraction of sp³-hybridized carbons (Fsp3) is 0.533. The molecule has 2 saturated heterocycles. The lowest BCUT2D eigenvalue weighted by molar-refractivity contribution is 0.0697. The van der Waals surface area contributed by atoms with Crippen molar-refractivity contribution in [1.82, 2.24) is 4.90 Å². The lowest BCUT2D eigenvalue weighted by Gasteiger charge is -2.25. The number of benzene rings is 1. The summed E-state index contributed by atoms with van der Waals surface area (Å²) in [6, 6.07) is 4.70. The molecule has 1 aromatic carbocycles. The van der Waals surface area contributed by atoms with E-state index in [4.69, 9.17) is 0 Å². The summed E-state index contributed by atoms with van der Waals surface area (Å²) in [4.78, 5) is 15.6. The number of para-hydroxylation sites is 1. The molecular weight excluding hydrogens is 259 g/mol. The first-order chi connectivity index (χ1) is 9.66. The number of carboxylic acids is 1. The summed E-state index contributed by atoms with van der Waals surface area (Å²) in [6.07, 6.45) is 3.44. The highest BCUT2D eigenvalue weighted by Crippen LogP contribution is 2.30. The second-order valence-electron chi connectivity index (χ2n) is 5.57. The van der Waals surface area contributed by atoms with E-state index in [0.29, 0.717) is 6.04 Å². The molecule has 2 heterocycles. The highest BCUT2D eigenvalue weighted by molar-refractivity contribution is 5.94. The van der Waals surface area contributed by atoms with Crippen molar-refractivity contribution < 1.29 is 14.3 Å². The second-order valence-corrected chi connectivity index (χ2v) is 5.57. The van der Waals surface area contributed by atoms with Crippen LogP contribution in [0.25, 0.3) is 0 Å². The van der Waals surface area contributed by atoms with Crippen molar-refractivity contribution in [3.05, 3.63) is 29.6 Å². The summed E-state index contributed by atoms with van der Waals surface area (Å²) in [7, 11) is 0. The predicted octanol–water partition coefficient (Wildman–Crippen LogP) is 2.20. The Labute approximate surface area is 117 Å². The Morgan fingerprint density at radius 3 is 2.70 bits per heavy atom. The first-order valence-electron chi connectivity index (χ1n) is 7.17. The van der Waals surface area contributed by atoms with Crippen molar-refractivity contribution in [2.24, 2.45) is 0 Å². The van der Waals surface area contributed by atoms with Gasteiger partial charge in [0.25, 0.3) is 0 Å². The fourth-order valence-electron chi connectivity index (χ4n) is 3.36. The minimum atomic E-state index is -1.07. The Morgan fingerprint density at radius 1 is 1.25 bits per heavy atom. The van der Waals surface area contributed by atoms with Gasteiger partial charge in [-0.25, -0.2) is 9.18 Å². The standard InChI is InChI=1S/C15H19FN2O2/c16-13-5-3-4-12(15(19)20)14(13)18-9-6-11(10-18)17-7-1-2-8-17/h3-5,11H,1-2,6-10H2,(H,19,20). The van der Waals surface area contributed by atoms with Crippen LogP contribution in [-0.2, 0) is 0 Å². The number of nitrogens with zero attached hydrogens (tertiary/aromatic N) is 2. The molecule has 108 valence electrons. The number of carbonyl (C=O) groups is 1. The molecule has 0 spiro atoms. The van der Waals surface area contributed by atoms with E-state index < -0.39 is 11.8 Å². The zero-order valence-corrected chi connectivity index (χ0v) is 11.4. The van der Waals surface area contributed by atoms with Crippen LogP contribution in [0.2, 0.25) is 0 Å². The minimum absolute atomic E-state index is 0.0621. The largest absolute Gasteiger partial charge is 0.478 e. The van der Waals surface area contributed by atoms with Gasteiger partial charge < -0.3 is 10.0 Å². The zero-order valence-electron chi connectivity index (χ0n) is 11.4. The molecule has 3 rings (SSSR count). The van der Waals surface area contributed by atoms with E-state index in [9.17, 15) is 14.3 Å². The maximum atomic E-state index is 14.0. The molecule has 0 amide bonds. The summed E-state index contributed by atoms with van der Waals surface area (Å²) >= 11 is 0. The highest BCUT2D eigenvalue weighted by atomic mass is 19.1. The van der Waals surface area contributed by atoms with E-state index in [1.165, 1.54) is 31.0 Å². The molecule has 0 radical (unpaired) electrons. The van der Waals surface area contributed by atoms with Gasteiger partial charge in [-0.2, -0.15) is 0 Å². The van der Waals surface area contributed by atoms with E-state index in [2.05, 4.69) is 4.90 Å². The SMILES string of the molecule is O=C(O)c1cccc(F)c1N1CCC(N2CCCC2)C1. The van der Waals surface area contributed by atoms with Crippen LogP contribution in [0.4, 0.5) is 10.1 Å². The Bertz CT molecular complexity index is 515. The molecule has 0 bridgehead atoms. The number of hydrogen-bond donors (Lipinski definition) is 1. The van der Waals surface area contributed by atoms with E-state index >= 15 is 0 Å². The maximum absolute atomic E-state index is 14.0. The van der Waals surface area contributed by atoms with Gasteiger partial charge in [-0.05, 0) is 44.5 Å². The molecule has 0 saturated carbocycles. The summed E-state index contributed by atoms with van der Waals surface area (Å²) in [5.41, 5.74) is 0.314. The average molecular weight is 278 g/mol. The molecule has 5 heteroatoms. The Hall–Kier alpha value is -1.62. The predicted molar refractivity (Wildman–Crippen MR) is 74.8 cm³/mol. The summed E-state index contributed by atoms with van der Waals surface area (Å²) in [6.45, 7) is 3.67. The normalized spacial score (nSPS) is 23.4. The minimum Gasteiger partial charge on any atom is -0.478 e. The molecule has 0 aliphatic carbocycles. The number of carboxylic acid groups (broad SMARTS) is 1. The molecule has 2 fully saturated rings. The van der Waals surface area contributed by atoms with Crippen LogP contribution >= 0.6 is 0 Å². The van der Waals surface area contributed by atoms with Crippen LogP contribution in [0.15, 0.2) is 18.2 Å². The van der Waals surface area contributed by atoms with Crippen LogP contribution in [0.5, 0.6) is 0 Å². The summed E-state index contributed by atoms with van der Waals surface area (Å²) < 4.78 is 14.0. The highest BCUT2D eigenvalue weighted by Gasteiger charge is 2.32. The van der Waals surface area contributed by atoms with Crippen molar-refractivity contribution in [3.8, 4) is 0 Å². The first-order valence-corrected chi connectivity index (χ1v) is 7.17. The number of rotatable bonds is 3. The number of likely N-dealkylation sites (tertiary alicyclic amines) is 1. The van der Waals surface area contributed by atoms with Gasteiger partial charge in [-0.3, -0.25) is 4.90 Å². The molecular formula is C15H19FN2O2. The summed E-state index contributed by atoms with van der Waals surface area (Å²) in [5, 5.41) is 9.22. The number of hydrogen-bond acceptors (Lipinski definition) is 3. The number of aromatic carboxylic acids is 1. The van der Waals surface area contributed by atoms with Gasteiger partial charge in [-0.1, -0.05) is 6.07 Å². The molecule has 2 aliphatic heterocycles. The third kappa shape index (κ3) is 2.38. The molecule has 1 N–H and O–H groups in total. The average Bonchev–Trinajstić information content (AvgIpc) is 3.09. The van der Waals surface area contributed by atoms with Gasteiger partial charge in [0.1, 0.15) is 5.82 Å². The number of anilines is 1. The van der Waals surface area contributed by atoms with Gasteiger partial charge in [0.2, 0.25) is 0 Å². The summed E-state index contributed by atoms with van der Waals surface area (Å²) in [5.74, 6) is -1.50. The topological polar surface area (TPSA) is 43.8 Å². The van der Waals surface area contributed by atoms with Crippen LogP contribution in [0.1, 0.15) is 29.6 Å². The second kappa shape index (κ2) is 5.40. The Balaban J connectivity index is 1.82. The molecule has 4 nitrogen and oxygen atoms in total. The van der Waals surface area contributed by atoms with Crippen molar-refractivity contribution >= 4 is 11.7 Å². The van der Waals surface area contributed by atoms with E-state index in [1.54, 1.807) is 0 Å². The van der Waals surface area contributed by atoms with Gasteiger partial charge >= 0.3 is 5.97 Å². The van der Waals surface area contributed by atoms with E-state index in [-0.39, 0.29) is 11.3 Å². The molecule has 1 unspecified atom stereocenters. The zero-order chi connectivity index (χ0) is 14.1.